The Kier molecular flexibility index (Phi) is 8.15. The van der Waals surface area contributed by atoms with E-state index in [9.17, 15) is 4.79 Å². The molecule has 118 valence electrons. The van der Waals surface area contributed by atoms with E-state index in [1.165, 1.54) is 5.06 Å². The van der Waals surface area contributed by atoms with Crippen molar-refractivity contribution in [1.82, 2.24) is 5.06 Å². The van der Waals surface area contributed by atoms with Crippen LogP contribution in [-0.2, 0) is 14.4 Å². The summed E-state index contributed by atoms with van der Waals surface area (Å²) in [6, 6.07) is 0.144. The lowest BCUT2D eigenvalue weighted by Crippen LogP contribution is -2.43. The Hall–Kier alpha value is -0.610. The first kappa shape index (κ1) is 17.4. The Morgan fingerprint density at radius 3 is 2.60 bits per heavy atom. The summed E-state index contributed by atoms with van der Waals surface area (Å²) in [5.41, 5.74) is 0. The van der Waals surface area contributed by atoms with Crippen LogP contribution in [0.1, 0.15) is 66.2 Å². The van der Waals surface area contributed by atoms with Crippen molar-refractivity contribution in [3.63, 3.8) is 0 Å². The number of nitrogens with zero attached hydrogens (tertiary/aromatic N) is 1. The molecule has 1 saturated heterocycles. The second-order valence-corrected chi connectivity index (χ2v) is 6.33. The average molecular weight is 285 g/mol. The zero-order valence-corrected chi connectivity index (χ0v) is 13.5. The molecule has 1 aliphatic heterocycles. The number of carbonyl (C=O) groups is 1. The molecule has 1 fully saturated rings. The first-order valence-electron chi connectivity index (χ1n) is 8.10. The van der Waals surface area contributed by atoms with Crippen LogP contribution in [0.2, 0.25) is 0 Å². The number of carbonyl (C=O) groups excluding carboxylic acids is 1. The molecule has 0 aromatic heterocycles. The van der Waals surface area contributed by atoms with E-state index in [0.717, 1.165) is 51.5 Å². The molecule has 20 heavy (non-hydrogen) atoms. The van der Waals surface area contributed by atoms with Crippen molar-refractivity contribution >= 4 is 6.41 Å². The minimum Gasteiger partial charge on any atom is -0.350 e. The summed E-state index contributed by atoms with van der Waals surface area (Å²) in [4.78, 5) is 17.2. The first-order chi connectivity index (χ1) is 9.58. The summed E-state index contributed by atoms with van der Waals surface area (Å²) in [6.45, 7) is 9.53. The Bertz CT molecular complexity index is 264. The highest BCUT2D eigenvalue weighted by Crippen LogP contribution is 2.24. The van der Waals surface area contributed by atoms with E-state index in [1.807, 2.05) is 0 Å². The third kappa shape index (κ3) is 5.80. The highest BCUT2D eigenvalue weighted by molar-refractivity contribution is 5.45. The number of hydroxylamine groups is 2. The van der Waals surface area contributed by atoms with Gasteiger partial charge in [0.2, 0.25) is 6.41 Å². The van der Waals surface area contributed by atoms with Gasteiger partial charge >= 0.3 is 0 Å². The molecule has 0 aliphatic carbocycles. The molecule has 4 nitrogen and oxygen atoms in total. The van der Waals surface area contributed by atoms with Crippen molar-refractivity contribution in [1.29, 1.82) is 0 Å². The van der Waals surface area contributed by atoms with Gasteiger partial charge in [-0.2, -0.15) is 0 Å². The van der Waals surface area contributed by atoms with Gasteiger partial charge in [-0.05, 0) is 37.5 Å². The maximum atomic E-state index is 11.4. The van der Waals surface area contributed by atoms with Gasteiger partial charge < -0.3 is 4.74 Å². The van der Waals surface area contributed by atoms with E-state index in [1.54, 1.807) is 0 Å². The molecule has 0 spiro atoms. The van der Waals surface area contributed by atoms with Gasteiger partial charge in [0.05, 0.1) is 6.04 Å². The summed E-state index contributed by atoms with van der Waals surface area (Å²) in [5.74, 6) is 1.06. The van der Waals surface area contributed by atoms with Crippen LogP contribution in [0.25, 0.3) is 0 Å². The van der Waals surface area contributed by atoms with Crippen LogP contribution in [0.5, 0.6) is 0 Å². The van der Waals surface area contributed by atoms with Gasteiger partial charge in [-0.15, -0.1) is 0 Å². The smallest absolute Gasteiger partial charge is 0.233 e. The molecule has 1 unspecified atom stereocenters. The Balaban J connectivity index is 2.61. The second-order valence-electron chi connectivity index (χ2n) is 6.33. The molecule has 0 bridgehead atoms. The van der Waals surface area contributed by atoms with Crippen LogP contribution in [0.4, 0.5) is 0 Å². The lowest BCUT2D eigenvalue weighted by Gasteiger charge is -2.35. The predicted octanol–water partition coefficient (Wildman–Crippen LogP) is 3.75. The van der Waals surface area contributed by atoms with E-state index in [-0.39, 0.29) is 12.3 Å². The summed E-state index contributed by atoms with van der Waals surface area (Å²) >= 11 is 0. The standard InChI is InChI=1S/C16H31NO3/c1-5-8-15(14(4)11-13(2)3)17(12-18)20-16-9-6-7-10-19-16/h12-16H,5-11H2,1-4H3/t14-,15+,16?/m1/s1. The molecule has 0 N–H and O–H groups in total. The van der Waals surface area contributed by atoms with Crippen LogP contribution < -0.4 is 0 Å². The molecule has 3 atom stereocenters. The van der Waals surface area contributed by atoms with Gasteiger partial charge in [0.25, 0.3) is 0 Å². The van der Waals surface area contributed by atoms with E-state index >= 15 is 0 Å². The van der Waals surface area contributed by atoms with E-state index in [0.29, 0.717) is 11.8 Å². The number of hydrogen-bond donors (Lipinski definition) is 0. The van der Waals surface area contributed by atoms with Crippen LogP contribution in [0, 0.1) is 11.8 Å². The SMILES string of the molecule is CCC[C@@H]([C@H](C)CC(C)C)N(C=O)OC1CCCCO1. The number of amides is 1. The number of rotatable bonds is 9. The zero-order chi connectivity index (χ0) is 15.0. The predicted molar refractivity (Wildman–Crippen MR) is 79.9 cm³/mol. The van der Waals surface area contributed by atoms with Crippen molar-refractivity contribution in [3.05, 3.63) is 0 Å². The van der Waals surface area contributed by atoms with Gasteiger partial charge in [0, 0.05) is 13.0 Å². The minimum atomic E-state index is -0.250. The molecule has 0 aromatic rings. The maximum Gasteiger partial charge on any atom is 0.233 e. The van der Waals surface area contributed by atoms with Crippen molar-refractivity contribution < 1.29 is 14.4 Å². The second kappa shape index (κ2) is 9.35. The van der Waals surface area contributed by atoms with Crippen molar-refractivity contribution in [2.45, 2.75) is 78.6 Å². The third-order valence-corrected chi connectivity index (χ3v) is 3.89. The van der Waals surface area contributed by atoms with Crippen LogP contribution in [0.15, 0.2) is 0 Å². The van der Waals surface area contributed by atoms with Gasteiger partial charge in [-0.3, -0.25) is 4.79 Å². The molecule has 1 rings (SSSR count). The van der Waals surface area contributed by atoms with Gasteiger partial charge in [0.1, 0.15) is 0 Å². The van der Waals surface area contributed by atoms with Crippen molar-refractivity contribution in [3.8, 4) is 0 Å². The molecule has 1 aliphatic rings. The maximum absolute atomic E-state index is 11.4. The third-order valence-electron chi connectivity index (χ3n) is 3.89. The highest BCUT2D eigenvalue weighted by Gasteiger charge is 2.27. The summed E-state index contributed by atoms with van der Waals surface area (Å²) < 4.78 is 5.58. The molecule has 1 amide bonds. The van der Waals surface area contributed by atoms with Crippen LogP contribution >= 0.6 is 0 Å². The fourth-order valence-electron chi connectivity index (χ4n) is 2.97. The first-order valence-corrected chi connectivity index (χ1v) is 8.10. The quantitative estimate of drug-likeness (QED) is 0.478. The molecule has 1 heterocycles. The molecule has 4 heteroatoms. The van der Waals surface area contributed by atoms with Crippen LogP contribution in [-0.4, -0.2) is 30.4 Å². The monoisotopic (exact) mass is 285 g/mol. The van der Waals surface area contributed by atoms with Crippen molar-refractivity contribution in [2.24, 2.45) is 11.8 Å². The Labute approximate surface area is 123 Å². The van der Waals surface area contributed by atoms with E-state index in [4.69, 9.17) is 9.57 Å². The summed E-state index contributed by atoms with van der Waals surface area (Å²) in [7, 11) is 0. The topological polar surface area (TPSA) is 38.8 Å². The summed E-state index contributed by atoms with van der Waals surface area (Å²) in [6.07, 6.45) is 6.77. The van der Waals surface area contributed by atoms with Gasteiger partial charge in [-0.25, -0.2) is 9.90 Å². The molecular formula is C16H31NO3. The van der Waals surface area contributed by atoms with Crippen LogP contribution in [0.3, 0.4) is 0 Å². The largest absolute Gasteiger partial charge is 0.350 e. The highest BCUT2D eigenvalue weighted by atomic mass is 16.8. The normalized spacial score (nSPS) is 22.6. The molecule has 0 radical (unpaired) electrons. The number of ether oxygens (including phenoxy) is 1. The lowest BCUT2D eigenvalue weighted by molar-refractivity contribution is -0.290. The average Bonchev–Trinajstić information content (AvgIpc) is 2.43. The number of hydrogen-bond acceptors (Lipinski definition) is 3. The fourth-order valence-corrected chi connectivity index (χ4v) is 2.97. The molecule has 0 saturated carbocycles. The Morgan fingerprint density at radius 1 is 1.35 bits per heavy atom. The van der Waals surface area contributed by atoms with Gasteiger partial charge in [-0.1, -0.05) is 34.1 Å². The van der Waals surface area contributed by atoms with E-state index in [2.05, 4.69) is 27.7 Å². The fraction of sp³-hybridized carbons (Fsp3) is 0.938. The zero-order valence-electron chi connectivity index (χ0n) is 13.5. The molecular weight excluding hydrogens is 254 g/mol. The Morgan fingerprint density at radius 2 is 2.10 bits per heavy atom. The minimum absolute atomic E-state index is 0.144. The molecule has 0 aromatic carbocycles. The van der Waals surface area contributed by atoms with Crippen molar-refractivity contribution in [2.75, 3.05) is 6.61 Å². The van der Waals surface area contributed by atoms with Gasteiger partial charge in [0.15, 0.2) is 6.29 Å². The summed E-state index contributed by atoms with van der Waals surface area (Å²) in [5, 5.41) is 1.52. The lowest BCUT2D eigenvalue weighted by atomic mass is 9.89. The van der Waals surface area contributed by atoms with E-state index < -0.39 is 0 Å².